The summed E-state index contributed by atoms with van der Waals surface area (Å²) in [5, 5.41) is 5.12. The van der Waals surface area contributed by atoms with E-state index in [9.17, 15) is 0 Å². The number of nitrogens with one attached hydrogen (secondary N) is 1. The van der Waals surface area contributed by atoms with Gasteiger partial charge in [0.15, 0.2) is 5.82 Å². The second-order valence-electron chi connectivity index (χ2n) is 7.51. The Kier molecular flexibility index (Phi) is 4.33. The molecule has 0 aromatic carbocycles. The van der Waals surface area contributed by atoms with Gasteiger partial charge in [-0.15, -0.1) is 11.3 Å². The number of aromatic nitrogens is 3. The van der Waals surface area contributed by atoms with Gasteiger partial charge in [0, 0.05) is 28.9 Å². The quantitative estimate of drug-likeness (QED) is 0.634. The summed E-state index contributed by atoms with van der Waals surface area (Å²) in [6, 6.07) is 4.54. The zero-order chi connectivity index (χ0) is 17.3. The van der Waals surface area contributed by atoms with Crippen molar-refractivity contribution < 1.29 is 0 Å². The zero-order valence-electron chi connectivity index (χ0n) is 15.0. The van der Waals surface area contributed by atoms with Crippen molar-refractivity contribution in [2.24, 2.45) is 0 Å². The minimum atomic E-state index is 0.536. The maximum Gasteiger partial charge on any atom is 0.164 e. The van der Waals surface area contributed by atoms with E-state index in [1.54, 1.807) is 6.20 Å². The van der Waals surface area contributed by atoms with Crippen LogP contribution in [0.15, 0.2) is 24.5 Å². The van der Waals surface area contributed by atoms with E-state index in [0.29, 0.717) is 6.04 Å². The summed E-state index contributed by atoms with van der Waals surface area (Å²) in [5.74, 6) is 1.85. The number of pyridine rings is 1. The Morgan fingerprint density at radius 2 is 1.88 bits per heavy atom. The van der Waals surface area contributed by atoms with Gasteiger partial charge in [-0.1, -0.05) is 25.7 Å². The molecule has 0 aliphatic heterocycles. The molecule has 0 amide bonds. The van der Waals surface area contributed by atoms with Gasteiger partial charge >= 0.3 is 0 Å². The Morgan fingerprint density at radius 1 is 1.00 bits per heavy atom. The van der Waals surface area contributed by atoms with Gasteiger partial charge < -0.3 is 5.32 Å². The number of anilines is 1. The van der Waals surface area contributed by atoms with Crippen molar-refractivity contribution in [1.82, 2.24) is 15.0 Å². The first-order valence-corrected chi connectivity index (χ1v) is 10.7. The molecule has 3 heterocycles. The van der Waals surface area contributed by atoms with Gasteiger partial charge in [-0.3, -0.25) is 4.98 Å². The molecule has 1 N–H and O–H groups in total. The van der Waals surface area contributed by atoms with Gasteiger partial charge in [-0.2, -0.15) is 0 Å². The van der Waals surface area contributed by atoms with Gasteiger partial charge in [0.05, 0.1) is 5.39 Å². The highest BCUT2D eigenvalue weighted by Crippen LogP contribution is 2.41. The number of rotatable bonds is 3. The fourth-order valence-corrected chi connectivity index (χ4v) is 5.60. The van der Waals surface area contributed by atoms with Gasteiger partial charge in [0.25, 0.3) is 0 Å². The second-order valence-corrected chi connectivity index (χ2v) is 8.59. The van der Waals surface area contributed by atoms with E-state index in [-0.39, 0.29) is 0 Å². The largest absolute Gasteiger partial charge is 0.367 e. The van der Waals surface area contributed by atoms with E-state index in [0.717, 1.165) is 22.0 Å². The highest BCUT2D eigenvalue weighted by molar-refractivity contribution is 7.19. The molecule has 0 saturated heterocycles. The smallest absolute Gasteiger partial charge is 0.164 e. The van der Waals surface area contributed by atoms with Crippen LogP contribution in [0, 0.1) is 0 Å². The van der Waals surface area contributed by atoms with Crippen molar-refractivity contribution in [3.63, 3.8) is 0 Å². The molecule has 26 heavy (non-hydrogen) atoms. The molecule has 2 aliphatic carbocycles. The van der Waals surface area contributed by atoms with Crippen LogP contribution >= 0.6 is 11.3 Å². The SMILES string of the molecule is c1cncc(-c2nc(NC3CCCCCC3)c3c4c(sc3n2)CCC4)c1. The molecule has 0 unspecified atom stereocenters. The first-order valence-electron chi connectivity index (χ1n) is 9.88. The first-order chi connectivity index (χ1) is 12.9. The highest BCUT2D eigenvalue weighted by atomic mass is 32.1. The first kappa shape index (κ1) is 16.2. The number of aryl methyl sites for hydroxylation is 2. The average Bonchev–Trinajstić information content (AvgIpc) is 3.15. The Hall–Kier alpha value is -2.01. The van der Waals surface area contributed by atoms with E-state index >= 15 is 0 Å². The molecule has 1 saturated carbocycles. The Morgan fingerprint density at radius 3 is 2.69 bits per heavy atom. The minimum absolute atomic E-state index is 0.536. The lowest BCUT2D eigenvalue weighted by Gasteiger charge is -2.18. The fraction of sp³-hybridized carbons (Fsp3) is 0.476. The van der Waals surface area contributed by atoms with Crippen molar-refractivity contribution in [3.8, 4) is 11.4 Å². The zero-order valence-corrected chi connectivity index (χ0v) is 15.8. The molecule has 134 valence electrons. The van der Waals surface area contributed by atoms with Crippen molar-refractivity contribution in [3.05, 3.63) is 35.0 Å². The monoisotopic (exact) mass is 364 g/mol. The predicted molar refractivity (Wildman–Crippen MR) is 108 cm³/mol. The van der Waals surface area contributed by atoms with Gasteiger partial charge in [0.1, 0.15) is 10.6 Å². The molecule has 0 atom stereocenters. The molecule has 0 spiro atoms. The highest BCUT2D eigenvalue weighted by Gasteiger charge is 2.24. The molecule has 1 fully saturated rings. The summed E-state index contributed by atoms with van der Waals surface area (Å²) in [7, 11) is 0. The number of hydrogen-bond acceptors (Lipinski definition) is 5. The van der Waals surface area contributed by atoms with E-state index in [1.807, 2.05) is 29.7 Å². The maximum absolute atomic E-state index is 4.99. The molecule has 0 radical (unpaired) electrons. The van der Waals surface area contributed by atoms with Crippen LogP contribution in [0.4, 0.5) is 5.82 Å². The van der Waals surface area contributed by atoms with Crippen LogP contribution in [-0.4, -0.2) is 21.0 Å². The van der Waals surface area contributed by atoms with Crippen molar-refractivity contribution in [1.29, 1.82) is 0 Å². The Balaban J connectivity index is 1.61. The summed E-state index contributed by atoms with van der Waals surface area (Å²) in [5.41, 5.74) is 2.49. The van der Waals surface area contributed by atoms with Crippen molar-refractivity contribution in [2.75, 3.05) is 5.32 Å². The number of thiophene rings is 1. The summed E-state index contributed by atoms with van der Waals surface area (Å²) in [4.78, 5) is 16.8. The summed E-state index contributed by atoms with van der Waals surface area (Å²) in [6.45, 7) is 0. The lowest BCUT2D eigenvalue weighted by molar-refractivity contribution is 0.618. The molecular formula is C21H24N4S. The summed E-state index contributed by atoms with van der Waals surface area (Å²) >= 11 is 1.86. The normalized spacial score (nSPS) is 18.0. The van der Waals surface area contributed by atoms with Gasteiger partial charge in [-0.05, 0) is 49.8 Å². The third-order valence-corrected chi connectivity index (χ3v) is 6.87. The molecule has 4 nitrogen and oxygen atoms in total. The minimum Gasteiger partial charge on any atom is -0.367 e. The number of nitrogens with zero attached hydrogens (tertiary/aromatic N) is 3. The number of fused-ring (bicyclic) bond motifs is 3. The standard InChI is InChI=1S/C21H24N4S/c1-2-4-9-15(8-3-1)23-20-18-16-10-5-11-17(16)26-21(18)25-19(24-20)14-7-6-12-22-13-14/h6-7,12-13,15H,1-5,8-11H2,(H,23,24,25). The van der Waals surface area contributed by atoms with Crippen molar-refractivity contribution in [2.45, 2.75) is 63.8 Å². The van der Waals surface area contributed by atoms with Crippen LogP contribution < -0.4 is 5.32 Å². The van der Waals surface area contributed by atoms with Crippen LogP contribution in [0.1, 0.15) is 55.4 Å². The van der Waals surface area contributed by atoms with Gasteiger partial charge in [0.2, 0.25) is 0 Å². The van der Waals surface area contributed by atoms with Crippen LogP contribution in [0.25, 0.3) is 21.6 Å². The molecule has 5 heteroatoms. The molecule has 3 aromatic rings. The lowest BCUT2D eigenvalue weighted by atomic mass is 10.1. The van der Waals surface area contributed by atoms with Crippen LogP contribution in [0.3, 0.4) is 0 Å². The van der Waals surface area contributed by atoms with E-state index in [4.69, 9.17) is 9.97 Å². The second kappa shape index (κ2) is 6.95. The summed E-state index contributed by atoms with van der Waals surface area (Å²) < 4.78 is 0. The molecule has 3 aromatic heterocycles. The lowest BCUT2D eigenvalue weighted by Crippen LogP contribution is -2.19. The topological polar surface area (TPSA) is 50.7 Å². The van der Waals surface area contributed by atoms with Gasteiger partial charge in [-0.25, -0.2) is 9.97 Å². The fourth-order valence-electron chi connectivity index (χ4n) is 4.34. The average molecular weight is 365 g/mol. The van der Waals surface area contributed by atoms with E-state index in [2.05, 4.69) is 10.3 Å². The number of hydrogen-bond donors (Lipinski definition) is 1. The Bertz CT molecular complexity index is 911. The Labute approximate surface area is 158 Å². The van der Waals surface area contributed by atoms with E-state index < -0.39 is 0 Å². The third kappa shape index (κ3) is 2.98. The summed E-state index contributed by atoms with van der Waals surface area (Å²) in [6.07, 6.45) is 15.2. The van der Waals surface area contributed by atoms with Crippen LogP contribution in [0.2, 0.25) is 0 Å². The van der Waals surface area contributed by atoms with Crippen LogP contribution in [-0.2, 0) is 12.8 Å². The predicted octanol–water partition coefficient (Wildman–Crippen LogP) is 5.38. The molecule has 0 bridgehead atoms. The van der Waals surface area contributed by atoms with Crippen LogP contribution in [0.5, 0.6) is 0 Å². The molecule has 2 aliphatic rings. The maximum atomic E-state index is 4.99. The molecule has 5 rings (SSSR count). The van der Waals surface area contributed by atoms with E-state index in [1.165, 1.54) is 73.6 Å². The van der Waals surface area contributed by atoms with Crippen molar-refractivity contribution >= 4 is 27.4 Å². The molecular weight excluding hydrogens is 340 g/mol. The third-order valence-electron chi connectivity index (χ3n) is 5.68.